The average molecular weight is 676 g/mol. The van der Waals surface area contributed by atoms with Crippen LogP contribution in [0.3, 0.4) is 0 Å². The molecular formula is C35H33NO13. The van der Waals surface area contributed by atoms with Crippen molar-refractivity contribution >= 4 is 29.5 Å². The first-order chi connectivity index (χ1) is 23.3. The third-order valence-electron chi connectivity index (χ3n) is 9.39. The number of rotatable bonds is 8. The molecule has 2 aliphatic carbocycles. The van der Waals surface area contributed by atoms with Gasteiger partial charge in [-0.25, -0.2) is 0 Å². The number of aldehydes is 1. The predicted octanol–water partition coefficient (Wildman–Crippen LogP) is 1.29. The third-order valence-corrected chi connectivity index (χ3v) is 9.39. The molecule has 3 aromatic carbocycles. The number of fused-ring (bicyclic) bond motifs is 3. The molecule has 1 aliphatic heterocycles. The Balaban J connectivity index is 1.38. The minimum atomic E-state index is -2.34. The number of benzene rings is 3. The number of carbonyl (C=O) groups is 5. The van der Waals surface area contributed by atoms with Crippen LogP contribution in [-0.2, 0) is 20.7 Å². The number of hydrogen-bond donors (Lipinski definition) is 6. The fourth-order valence-electron chi connectivity index (χ4n) is 6.82. The molecule has 0 radical (unpaired) electrons. The zero-order valence-corrected chi connectivity index (χ0v) is 26.3. The summed E-state index contributed by atoms with van der Waals surface area (Å²) in [6.45, 7) is 0.444. The van der Waals surface area contributed by atoms with Crippen molar-refractivity contribution in [3.63, 3.8) is 0 Å². The molecule has 49 heavy (non-hydrogen) atoms. The van der Waals surface area contributed by atoms with Gasteiger partial charge in [0.1, 0.15) is 41.8 Å². The van der Waals surface area contributed by atoms with Crippen LogP contribution in [-0.4, -0.2) is 98.9 Å². The standard InChI is InChI=1S/C35H33NO13/c1-15-29(40)20(36-34(45)17-8-6-16(13-37)7-9-17)10-24(48-15)49-22-12-35(46,23(39)14-38)11-19-26(22)33(44)28-27(31(19)42)30(41)18-4-3-5-21(47-2)25(18)32(28)43/h3-9,13,15,20,22,24,29,38,40,42,44,46H,10-12,14H2,1-2H3,(H,36,45)/t15?,20?,22-,24?,29?,35-/m0/s1. The number of aliphatic hydroxyl groups is 3. The first-order valence-corrected chi connectivity index (χ1v) is 15.4. The molecule has 4 unspecified atom stereocenters. The number of Topliss-reactive ketones (excluding diaryl/α,β-unsaturated/α-hetero) is 1. The van der Waals surface area contributed by atoms with Gasteiger partial charge in [-0.15, -0.1) is 0 Å². The Morgan fingerprint density at radius 2 is 1.73 bits per heavy atom. The van der Waals surface area contributed by atoms with Crippen LogP contribution in [0.2, 0.25) is 0 Å². The maximum Gasteiger partial charge on any atom is 0.251 e. The molecule has 14 nitrogen and oxygen atoms in total. The molecule has 14 heteroatoms. The summed E-state index contributed by atoms with van der Waals surface area (Å²) in [6.07, 6.45) is -5.58. The summed E-state index contributed by atoms with van der Waals surface area (Å²) in [5.74, 6) is -4.65. The van der Waals surface area contributed by atoms with Crippen molar-refractivity contribution in [2.45, 2.75) is 62.4 Å². The van der Waals surface area contributed by atoms with Gasteiger partial charge in [-0.3, -0.25) is 24.0 Å². The van der Waals surface area contributed by atoms with E-state index in [2.05, 4.69) is 5.32 Å². The third kappa shape index (κ3) is 5.66. The lowest BCUT2D eigenvalue weighted by Gasteiger charge is -2.43. The molecule has 0 spiro atoms. The van der Waals surface area contributed by atoms with Crippen LogP contribution in [0.15, 0.2) is 42.5 Å². The van der Waals surface area contributed by atoms with Gasteiger partial charge in [0.2, 0.25) is 5.78 Å². The number of hydrogen-bond acceptors (Lipinski definition) is 13. The molecule has 1 fully saturated rings. The van der Waals surface area contributed by atoms with Crippen molar-refractivity contribution in [2.75, 3.05) is 13.7 Å². The maximum absolute atomic E-state index is 13.9. The molecule has 256 valence electrons. The van der Waals surface area contributed by atoms with E-state index in [0.29, 0.717) is 11.8 Å². The zero-order valence-electron chi connectivity index (χ0n) is 26.3. The lowest BCUT2D eigenvalue weighted by atomic mass is 9.72. The highest BCUT2D eigenvalue weighted by molar-refractivity contribution is 6.31. The Hall–Kier alpha value is -4.99. The van der Waals surface area contributed by atoms with E-state index in [0.717, 1.165) is 0 Å². The van der Waals surface area contributed by atoms with E-state index in [9.17, 15) is 49.5 Å². The molecule has 1 saturated heterocycles. The van der Waals surface area contributed by atoms with Gasteiger partial charge in [-0.1, -0.05) is 24.3 Å². The van der Waals surface area contributed by atoms with Crippen molar-refractivity contribution in [3.8, 4) is 17.2 Å². The Morgan fingerprint density at radius 1 is 1.04 bits per heavy atom. The van der Waals surface area contributed by atoms with E-state index in [1.54, 1.807) is 0 Å². The van der Waals surface area contributed by atoms with Crippen molar-refractivity contribution < 1.29 is 63.7 Å². The highest BCUT2D eigenvalue weighted by atomic mass is 16.7. The number of amides is 1. The number of nitrogens with one attached hydrogen (secondary N) is 1. The lowest BCUT2D eigenvalue weighted by molar-refractivity contribution is -0.249. The Bertz CT molecular complexity index is 1890. The molecule has 3 aliphatic rings. The first kappa shape index (κ1) is 33.9. The number of phenolic OH excluding ortho intramolecular Hbond substituents is 2. The number of phenols is 2. The number of aliphatic hydroxyl groups excluding tert-OH is 2. The fraction of sp³-hybridized carbons (Fsp3) is 0.343. The van der Waals surface area contributed by atoms with Gasteiger partial charge < -0.3 is 45.1 Å². The summed E-state index contributed by atoms with van der Waals surface area (Å²) in [6, 6.07) is 9.16. The van der Waals surface area contributed by atoms with E-state index in [1.165, 1.54) is 56.5 Å². The van der Waals surface area contributed by atoms with Crippen LogP contribution in [0.5, 0.6) is 17.2 Å². The minimum absolute atomic E-state index is 0.0600. The van der Waals surface area contributed by atoms with Crippen molar-refractivity contribution in [3.05, 3.63) is 87.0 Å². The van der Waals surface area contributed by atoms with Gasteiger partial charge in [-0.2, -0.15) is 0 Å². The topological polar surface area (TPSA) is 226 Å². The molecule has 6 rings (SSSR count). The summed E-state index contributed by atoms with van der Waals surface area (Å²) in [4.78, 5) is 64.4. The predicted molar refractivity (Wildman–Crippen MR) is 167 cm³/mol. The summed E-state index contributed by atoms with van der Waals surface area (Å²) in [5.41, 5.74) is -3.48. The SMILES string of the molecule is COc1cccc2c1C(=O)c1c(O)c3c(c(O)c1C2=O)C[C@@](O)(C(=O)CO)C[C@@H]3OC1CC(NC(=O)c2ccc(C=O)cc2)C(O)C(C)O1. The number of methoxy groups -OCH3 is 1. The van der Waals surface area contributed by atoms with Crippen LogP contribution >= 0.6 is 0 Å². The Kier molecular flexibility index (Phi) is 8.85. The minimum Gasteiger partial charge on any atom is -0.507 e. The largest absolute Gasteiger partial charge is 0.507 e. The molecule has 6 N–H and O–H groups in total. The van der Waals surface area contributed by atoms with Crippen molar-refractivity contribution in [1.29, 1.82) is 0 Å². The van der Waals surface area contributed by atoms with Crippen LogP contribution in [0.4, 0.5) is 0 Å². The van der Waals surface area contributed by atoms with E-state index >= 15 is 0 Å². The van der Waals surface area contributed by atoms with Gasteiger partial charge in [0.15, 0.2) is 17.9 Å². The summed E-state index contributed by atoms with van der Waals surface area (Å²) in [7, 11) is 1.30. The summed E-state index contributed by atoms with van der Waals surface area (Å²) in [5, 5.41) is 58.0. The van der Waals surface area contributed by atoms with Gasteiger partial charge in [0.05, 0.1) is 42.0 Å². The highest BCUT2D eigenvalue weighted by Gasteiger charge is 2.50. The van der Waals surface area contributed by atoms with E-state index in [4.69, 9.17) is 14.2 Å². The number of aromatic hydroxyl groups is 2. The Morgan fingerprint density at radius 3 is 2.39 bits per heavy atom. The molecule has 1 amide bonds. The number of carbonyl (C=O) groups excluding carboxylic acids is 5. The smallest absolute Gasteiger partial charge is 0.251 e. The van der Waals surface area contributed by atoms with Crippen LogP contribution in [0.1, 0.15) is 89.6 Å². The second kappa shape index (κ2) is 12.8. The van der Waals surface area contributed by atoms with Gasteiger partial charge in [0.25, 0.3) is 5.91 Å². The fourth-order valence-corrected chi connectivity index (χ4v) is 6.82. The number of ketones is 3. The quantitative estimate of drug-likeness (QED) is 0.114. The molecule has 3 aromatic rings. The molecule has 0 saturated carbocycles. The lowest BCUT2D eigenvalue weighted by Crippen LogP contribution is -2.55. The summed E-state index contributed by atoms with van der Waals surface area (Å²) >= 11 is 0. The molecule has 1 heterocycles. The maximum atomic E-state index is 13.9. The summed E-state index contributed by atoms with van der Waals surface area (Å²) < 4.78 is 17.4. The van der Waals surface area contributed by atoms with E-state index in [1.807, 2.05) is 0 Å². The molecule has 0 bridgehead atoms. The van der Waals surface area contributed by atoms with E-state index in [-0.39, 0.29) is 40.0 Å². The highest BCUT2D eigenvalue weighted by Crippen LogP contribution is 2.52. The first-order valence-electron chi connectivity index (χ1n) is 15.4. The van der Waals surface area contributed by atoms with Crippen LogP contribution < -0.4 is 10.1 Å². The van der Waals surface area contributed by atoms with Gasteiger partial charge in [0, 0.05) is 47.1 Å². The molecule has 0 aromatic heterocycles. The van der Waals surface area contributed by atoms with Gasteiger partial charge >= 0.3 is 0 Å². The van der Waals surface area contributed by atoms with Crippen molar-refractivity contribution in [2.24, 2.45) is 0 Å². The molecular weight excluding hydrogens is 642 g/mol. The monoisotopic (exact) mass is 675 g/mol. The normalized spacial score (nSPS) is 25.9. The van der Waals surface area contributed by atoms with Crippen LogP contribution in [0.25, 0.3) is 0 Å². The molecule has 6 atom stereocenters. The van der Waals surface area contributed by atoms with Gasteiger partial charge in [-0.05, 0) is 25.1 Å². The average Bonchev–Trinajstić information content (AvgIpc) is 3.09. The second-order valence-electron chi connectivity index (χ2n) is 12.3. The van der Waals surface area contributed by atoms with Crippen LogP contribution in [0, 0.1) is 0 Å². The van der Waals surface area contributed by atoms with E-state index < -0.39 is 102 Å². The zero-order chi connectivity index (χ0) is 35.4. The van der Waals surface area contributed by atoms with Crippen molar-refractivity contribution in [1.82, 2.24) is 5.32 Å². The second-order valence-corrected chi connectivity index (χ2v) is 12.3. The Labute approximate surface area is 278 Å². The number of ether oxygens (including phenoxy) is 3.